The first-order valence-electron chi connectivity index (χ1n) is 5.01. The van der Waals surface area contributed by atoms with Gasteiger partial charge in [-0.25, -0.2) is 0 Å². The second-order valence-corrected chi connectivity index (χ2v) is 4.42. The molecule has 0 aliphatic carbocycles. The van der Waals surface area contributed by atoms with Crippen LogP contribution in [0.1, 0.15) is 17.5 Å². The van der Waals surface area contributed by atoms with Gasteiger partial charge < -0.3 is 5.32 Å². The first-order chi connectivity index (χ1) is 7.27. The molecule has 0 atom stereocenters. The number of anilines is 1. The molecule has 0 heterocycles. The van der Waals surface area contributed by atoms with Crippen molar-refractivity contribution in [1.82, 2.24) is 0 Å². The highest BCUT2D eigenvalue weighted by Crippen LogP contribution is 2.16. The average Bonchev–Trinajstić information content (AvgIpc) is 2.26. The van der Waals surface area contributed by atoms with Crippen molar-refractivity contribution in [1.29, 1.82) is 5.26 Å². The van der Waals surface area contributed by atoms with Gasteiger partial charge in [0.2, 0.25) is 0 Å². The minimum atomic E-state index is 0.735. The summed E-state index contributed by atoms with van der Waals surface area (Å²) in [6.07, 6.45) is 3.23. The Kier molecular flexibility index (Phi) is 5.06. The molecule has 0 unspecified atom stereocenters. The van der Waals surface area contributed by atoms with Crippen molar-refractivity contribution in [2.75, 3.05) is 23.9 Å². The largest absolute Gasteiger partial charge is 0.384 e. The molecule has 1 rings (SSSR count). The van der Waals surface area contributed by atoms with Crippen LogP contribution in [0.25, 0.3) is 0 Å². The number of nitrogens with zero attached hydrogens (tertiary/aromatic N) is 1. The normalized spacial score (nSPS) is 9.67. The number of thioether (sulfide) groups is 1. The first kappa shape index (κ1) is 11.9. The van der Waals surface area contributed by atoms with Gasteiger partial charge in [-0.2, -0.15) is 17.0 Å². The molecule has 0 saturated carbocycles. The average molecular weight is 220 g/mol. The predicted molar refractivity (Wildman–Crippen MR) is 67.4 cm³/mol. The first-order valence-corrected chi connectivity index (χ1v) is 6.41. The van der Waals surface area contributed by atoms with E-state index in [2.05, 4.69) is 17.6 Å². The number of nitriles is 1. The molecular weight excluding hydrogens is 204 g/mol. The Balaban J connectivity index is 2.57. The number of aryl methyl sites for hydroxylation is 1. The van der Waals surface area contributed by atoms with Crippen LogP contribution in [-0.4, -0.2) is 18.6 Å². The minimum Gasteiger partial charge on any atom is -0.384 e. The summed E-state index contributed by atoms with van der Waals surface area (Å²) < 4.78 is 0. The number of benzene rings is 1. The fourth-order valence-electron chi connectivity index (χ4n) is 1.34. The Morgan fingerprint density at radius 3 is 2.93 bits per heavy atom. The van der Waals surface area contributed by atoms with Crippen LogP contribution < -0.4 is 5.32 Å². The maximum atomic E-state index is 8.95. The molecular formula is C12H16N2S. The zero-order chi connectivity index (χ0) is 11.1. The van der Waals surface area contributed by atoms with Gasteiger partial charge in [0.05, 0.1) is 11.3 Å². The second-order valence-electron chi connectivity index (χ2n) is 3.43. The van der Waals surface area contributed by atoms with Crippen LogP contribution in [0.5, 0.6) is 0 Å². The van der Waals surface area contributed by atoms with Crippen LogP contribution in [0.2, 0.25) is 0 Å². The fourth-order valence-corrected chi connectivity index (χ4v) is 1.78. The molecule has 0 radical (unpaired) electrons. The van der Waals surface area contributed by atoms with E-state index in [1.807, 2.05) is 36.9 Å². The molecule has 3 heteroatoms. The van der Waals surface area contributed by atoms with Gasteiger partial charge in [0.25, 0.3) is 0 Å². The van der Waals surface area contributed by atoms with Crippen LogP contribution in [0.15, 0.2) is 18.2 Å². The third kappa shape index (κ3) is 3.85. The standard InChI is InChI=1S/C12H16N2S/c1-10-4-5-12(11(8-10)9-13)14-6-3-7-15-2/h4-5,8,14H,3,6-7H2,1-2H3. The van der Waals surface area contributed by atoms with Crippen molar-refractivity contribution >= 4 is 17.4 Å². The van der Waals surface area contributed by atoms with Gasteiger partial charge in [-0.3, -0.25) is 0 Å². The van der Waals surface area contributed by atoms with Gasteiger partial charge in [0.15, 0.2) is 0 Å². The van der Waals surface area contributed by atoms with E-state index in [4.69, 9.17) is 5.26 Å². The van der Waals surface area contributed by atoms with E-state index in [9.17, 15) is 0 Å². The topological polar surface area (TPSA) is 35.8 Å². The minimum absolute atomic E-state index is 0.735. The molecule has 0 aliphatic heterocycles. The molecule has 1 aromatic rings. The van der Waals surface area contributed by atoms with E-state index >= 15 is 0 Å². The molecule has 0 fully saturated rings. The van der Waals surface area contributed by atoms with Crippen LogP contribution >= 0.6 is 11.8 Å². The Bertz CT molecular complexity index is 355. The Hall–Kier alpha value is -1.14. The highest BCUT2D eigenvalue weighted by Gasteiger charge is 2.00. The molecule has 0 saturated heterocycles. The lowest BCUT2D eigenvalue weighted by Gasteiger charge is -2.08. The van der Waals surface area contributed by atoms with Gasteiger partial charge in [-0.05, 0) is 43.0 Å². The number of hydrogen-bond donors (Lipinski definition) is 1. The third-order valence-electron chi connectivity index (χ3n) is 2.14. The summed E-state index contributed by atoms with van der Waals surface area (Å²) in [6.45, 7) is 2.93. The summed E-state index contributed by atoms with van der Waals surface area (Å²) in [4.78, 5) is 0. The highest BCUT2D eigenvalue weighted by atomic mass is 32.2. The molecule has 0 aromatic heterocycles. The van der Waals surface area contributed by atoms with Crippen molar-refractivity contribution in [2.45, 2.75) is 13.3 Å². The zero-order valence-corrected chi connectivity index (χ0v) is 10.0. The summed E-state index contributed by atoms with van der Waals surface area (Å²) in [5, 5.41) is 12.2. The number of hydrogen-bond acceptors (Lipinski definition) is 3. The Labute approximate surface area is 95.7 Å². The molecule has 0 aliphatic rings. The third-order valence-corrected chi connectivity index (χ3v) is 2.83. The molecule has 80 valence electrons. The number of nitrogens with one attached hydrogen (secondary N) is 1. The van der Waals surface area contributed by atoms with Crippen molar-refractivity contribution in [2.24, 2.45) is 0 Å². The van der Waals surface area contributed by atoms with Gasteiger partial charge in [0, 0.05) is 6.54 Å². The second kappa shape index (κ2) is 6.36. The van der Waals surface area contributed by atoms with Crippen molar-refractivity contribution in [3.8, 4) is 6.07 Å². The molecule has 1 aromatic carbocycles. The molecule has 1 N–H and O–H groups in total. The van der Waals surface area contributed by atoms with Crippen molar-refractivity contribution in [3.05, 3.63) is 29.3 Å². The van der Waals surface area contributed by atoms with Crippen molar-refractivity contribution < 1.29 is 0 Å². The SMILES string of the molecule is CSCCCNc1ccc(C)cc1C#N. The number of rotatable bonds is 5. The molecule has 0 spiro atoms. The van der Waals surface area contributed by atoms with Crippen LogP contribution in [0.3, 0.4) is 0 Å². The Morgan fingerprint density at radius 2 is 2.27 bits per heavy atom. The van der Waals surface area contributed by atoms with Crippen molar-refractivity contribution in [3.63, 3.8) is 0 Å². The van der Waals surface area contributed by atoms with E-state index in [-0.39, 0.29) is 0 Å². The van der Waals surface area contributed by atoms with Gasteiger partial charge >= 0.3 is 0 Å². The lowest BCUT2D eigenvalue weighted by atomic mass is 10.1. The van der Waals surface area contributed by atoms with E-state index in [0.717, 1.165) is 35.5 Å². The summed E-state index contributed by atoms with van der Waals surface area (Å²) >= 11 is 1.84. The van der Waals surface area contributed by atoms with Crippen LogP contribution in [-0.2, 0) is 0 Å². The molecule has 0 bridgehead atoms. The summed E-state index contributed by atoms with van der Waals surface area (Å²) in [5.41, 5.74) is 2.81. The van der Waals surface area contributed by atoms with Gasteiger partial charge in [0.1, 0.15) is 6.07 Å². The van der Waals surface area contributed by atoms with Crippen LogP contribution in [0, 0.1) is 18.3 Å². The maximum absolute atomic E-state index is 8.95. The van der Waals surface area contributed by atoms with E-state index < -0.39 is 0 Å². The van der Waals surface area contributed by atoms with Gasteiger partial charge in [-0.1, -0.05) is 6.07 Å². The van der Waals surface area contributed by atoms with Crippen LogP contribution in [0.4, 0.5) is 5.69 Å². The fraction of sp³-hybridized carbons (Fsp3) is 0.417. The molecule has 2 nitrogen and oxygen atoms in total. The lowest BCUT2D eigenvalue weighted by Crippen LogP contribution is -2.04. The lowest BCUT2D eigenvalue weighted by molar-refractivity contribution is 0.992. The zero-order valence-electron chi connectivity index (χ0n) is 9.21. The van der Waals surface area contributed by atoms with Gasteiger partial charge in [-0.15, -0.1) is 0 Å². The predicted octanol–water partition coefficient (Wildman–Crippen LogP) is 3.03. The monoisotopic (exact) mass is 220 g/mol. The molecule has 15 heavy (non-hydrogen) atoms. The van der Waals surface area contributed by atoms with E-state index in [1.165, 1.54) is 0 Å². The summed E-state index contributed by atoms with van der Waals surface area (Å²) in [6, 6.07) is 8.13. The van der Waals surface area contributed by atoms with E-state index in [1.54, 1.807) is 0 Å². The highest BCUT2D eigenvalue weighted by molar-refractivity contribution is 7.98. The summed E-state index contributed by atoms with van der Waals surface area (Å²) in [5.74, 6) is 1.15. The van der Waals surface area contributed by atoms with E-state index in [0.29, 0.717) is 0 Å². The quantitative estimate of drug-likeness (QED) is 0.775. The maximum Gasteiger partial charge on any atom is 0.101 e. The molecule has 0 amide bonds. The summed E-state index contributed by atoms with van der Waals surface area (Å²) in [7, 11) is 0. The Morgan fingerprint density at radius 1 is 1.47 bits per heavy atom. The smallest absolute Gasteiger partial charge is 0.101 e.